The maximum absolute atomic E-state index is 12.2. The highest BCUT2D eigenvalue weighted by atomic mass is 32.2. The summed E-state index contributed by atoms with van der Waals surface area (Å²) < 4.78 is 63.4. The van der Waals surface area contributed by atoms with E-state index < -0.39 is 22.7 Å². The largest absolute Gasteiger partial charge is 0.408 e. The van der Waals surface area contributed by atoms with Crippen molar-refractivity contribution in [3.05, 3.63) is 12.4 Å². The van der Waals surface area contributed by atoms with Crippen LogP contribution in [-0.4, -0.2) is 44.0 Å². The van der Waals surface area contributed by atoms with E-state index >= 15 is 0 Å². The number of rotatable bonds is 6. The number of hydrogen-bond donors (Lipinski definition) is 2. The van der Waals surface area contributed by atoms with Crippen LogP contribution in [0, 0.1) is 5.92 Å². The van der Waals surface area contributed by atoms with Gasteiger partial charge in [0.2, 0.25) is 10.0 Å². The van der Waals surface area contributed by atoms with Crippen LogP contribution in [0.1, 0.15) is 12.8 Å². The molecular formula is C11H17F3N4O2S. The smallest absolute Gasteiger partial charge is 0.316 e. The van der Waals surface area contributed by atoms with Crippen molar-refractivity contribution in [3.8, 4) is 0 Å². The van der Waals surface area contributed by atoms with Crippen LogP contribution in [0.2, 0.25) is 0 Å². The summed E-state index contributed by atoms with van der Waals surface area (Å²) in [6, 6.07) is 0. The highest BCUT2D eigenvalue weighted by Gasteiger charge is 2.29. The Labute approximate surface area is 120 Å². The second-order valence-electron chi connectivity index (χ2n) is 5.03. The van der Waals surface area contributed by atoms with E-state index in [2.05, 4.69) is 15.1 Å². The van der Waals surface area contributed by atoms with Crippen LogP contribution in [-0.2, 0) is 16.6 Å². The Morgan fingerprint density at radius 1 is 1.48 bits per heavy atom. The van der Waals surface area contributed by atoms with Gasteiger partial charge in [0.25, 0.3) is 0 Å². The summed E-state index contributed by atoms with van der Waals surface area (Å²) in [5, 5.41) is 6.60. The average molecular weight is 326 g/mol. The van der Waals surface area contributed by atoms with E-state index in [9.17, 15) is 21.6 Å². The van der Waals surface area contributed by atoms with Crippen molar-refractivity contribution in [2.45, 2.75) is 30.5 Å². The third kappa shape index (κ3) is 4.97. The molecule has 0 aromatic carbocycles. The van der Waals surface area contributed by atoms with E-state index in [1.165, 1.54) is 0 Å². The van der Waals surface area contributed by atoms with Crippen LogP contribution < -0.4 is 10.0 Å². The lowest BCUT2D eigenvalue weighted by Crippen LogP contribution is -2.26. The fraction of sp³-hybridized carbons (Fsp3) is 0.727. The van der Waals surface area contributed by atoms with Crippen molar-refractivity contribution >= 4 is 10.0 Å². The minimum Gasteiger partial charge on any atom is -0.316 e. The first-order valence-electron chi connectivity index (χ1n) is 6.56. The molecule has 0 amide bonds. The molecule has 1 aliphatic rings. The molecule has 6 nitrogen and oxygen atoms in total. The van der Waals surface area contributed by atoms with Crippen molar-refractivity contribution in [2.24, 2.45) is 5.92 Å². The molecule has 1 aromatic rings. The molecule has 2 heterocycles. The van der Waals surface area contributed by atoms with Crippen LogP contribution in [0.3, 0.4) is 0 Å². The van der Waals surface area contributed by atoms with Gasteiger partial charge in [0, 0.05) is 12.7 Å². The number of hydrogen-bond acceptors (Lipinski definition) is 4. The Bertz CT molecular complexity index is 564. The average Bonchev–Trinajstić information content (AvgIpc) is 2.98. The molecule has 120 valence electrons. The molecule has 1 aromatic heterocycles. The van der Waals surface area contributed by atoms with E-state index in [0.29, 0.717) is 17.0 Å². The number of aromatic nitrogens is 2. The summed E-state index contributed by atoms with van der Waals surface area (Å²) in [5.41, 5.74) is 0. The first-order valence-corrected chi connectivity index (χ1v) is 8.04. The highest BCUT2D eigenvalue weighted by Crippen LogP contribution is 2.18. The van der Waals surface area contributed by atoms with Crippen LogP contribution in [0.5, 0.6) is 0 Å². The third-order valence-corrected chi connectivity index (χ3v) is 4.68. The maximum atomic E-state index is 12.2. The van der Waals surface area contributed by atoms with Gasteiger partial charge in [0.1, 0.15) is 11.4 Å². The molecule has 1 saturated heterocycles. The number of nitrogens with zero attached hydrogens (tertiary/aromatic N) is 2. The first kappa shape index (κ1) is 16.2. The van der Waals surface area contributed by atoms with Crippen molar-refractivity contribution in [1.82, 2.24) is 19.8 Å². The van der Waals surface area contributed by atoms with Crippen LogP contribution in [0.4, 0.5) is 13.2 Å². The number of sulfonamides is 1. The Morgan fingerprint density at radius 3 is 2.86 bits per heavy atom. The lowest BCUT2D eigenvalue weighted by Gasteiger charge is -2.09. The number of nitrogens with one attached hydrogen (secondary N) is 2. The van der Waals surface area contributed by atoms with Gasteiger partial charge in [-0.15, -0.1) is 0 Å². The fourth-order valence-electron chi connectivity index (χ4n) is 2.20. The van der Waals surface area contributed by atoms with Crippen molar-refractivity contribution in [3.63, 3.8) is 0 Å². The summed E-state index contributed by atoms with van der Waals surface area (Å²) in [6.07, 6.45) is -0.928. The second kappa shape index (κ2) is 6.32. The van der Waals surface area contributed by atoms with Crippen molar-refractivity contribution < 1.29 is 21.6 Å². The third-order valence-electron chi connectivity index (χ3n) is 3.27. The van der Waals surface area contributed by atoms with Gasteiger partial charge in [-0.25, -0.2) is 13.1 Å². The fourth-order valence-corrected chi connectivity index (χ4v) is 3.19. The molecule has 0 aliphatic carbocycles. The van der Waals surface area contributed by atoms with Gasteiger partial charge in [0.15, 0.2) is 0 Å². The molecule has 10 heteroatoms. The topological polar surface area (TPSA) is 76.0 Å². The Kier molecular flexibility index (Phi) is 4.89. The summed E-state index contributed by atoms with van der Waals surface area (Å²) in [4.78, 5) is -0.253. The molecule has 0 radical (unpaired) electrons. The van der Waals surface area contributed by atoms with Crippen molar-refractivity contribution in [2.75, 3.05) is 19.6 Å². The molecule has 1 atom stereocenters. The second-order valence-corrected chi connectivity index (χ2v) is 6.80. The number of alkyl halides is 3. The maximum Gasteiger partial charge on any atom is 0.408 e. The standard InChI is InChI=1S/C11H17F3N4O2S/c12-11(13,14)8-18-7-10(6-16-18)21(19,20)17-4-2-9-1-3-15-5-9/h6-7,9,15,17H,1-5,8H2. The molecule has 0 bridgehead atoms. The van der Waals surface area contributed by atoms with E-state index in [4.69, 9.17) is 0 Å². The van der Waals surface area contributed by atoms with E-state index in [0.717, 1.165) is 31.9 Å². The quantitative estimate of drug-likeness (QED) is 0.808. The van der Waals surface area contributed by atoms with Gasteiger partial charge < -0.3 is 5.32 Å². The molecule has 2 rings (SSSR count). The number of halogens is 3. The minimum atomic E-state index is -4.43. The Hall–Kier alpha value is -1.13. The van der Waals surface area contributed by atoms with E-state index in [-0.39, 0.29) is 11.4 Å². The van der Waals surface area contributed by atoms with Crippen LogP contribution >= 0.6 is 0 Å². The lowest BCUT2D eigenvalue weighted by atomic mass is 10.1. The molecular weight excluding hydrogens is 309 g/mol. The van der Waals surface area contributed by atoms with Crippen LogP contribution in [0.25, 0.3) is 0 Å². The van der Waals surface area contributed by atoms with Gasteiger partial charge in [-0.3, -0.25) is 4.68 Å². The van der Waals surface area contributed by atoms with Gasteiger partial charge >= 0.3 is 6.18 Å². The molecule has 1 fully saturated rings. The summed E-state index contributed by atoms with van der Waals surface area (Å²) in [6.45, 7) is 0.752. The lowest BCUT2D eigenvalue weighted by molar-refractivity contribution is -0.142. The molecule has 21 heavy (non-hydrogen) atoms. The summed E-state index contributed by atoms with van der Waals surface area (Å²) >= 11 is 0. The zero-order chi connectivity index (χ0) is 15.5. The monoisotopic (exact) mass is 326 g/mol. The van der Waals surface area contributed by atoms with E-state index in [1.807, 2.05) is 0 Å². The van der Waals surface area contributed by atoms with Gasteiger partial charge in [-0.1, -0.05) is 0 Å². The minimum absolute atomic E-state index is 0.253. The molecule has 1 aliphatic heterocycles. The van der Waals surface area contributed by atoms with Gasteiger partial charge in [0.05, 0.1) is 6.20 Å². The summed E-state index contributed by atoms with van der Waals surface area (Å²) in [7, 11) is -3.81. The Morgan fingerprint density at radius 2 is 2.24 bits per heavy atom. The van der Waals surface area contributed by atoms with E-state index in [1.54, 1.807) is 0 Å². The van der Waals surface area contributed by atoms with Gasteiger partial charge in [-0.2, -0.15) is 18.3 Å². The highest BCUT2D eigenvalue weighted by molar-refractivity contribution is 7.89. The molecule has 1 unspecified atom stereocenters. The van der Waals surface area contributed by atoms with Crippen molar-refractivity contribution in [1.29, 1.82) is 0 Å². The predicted molar refractivity (Wildman–Crippen MR) is 69.1 cm³/mol. The molecule has 0 spiro atoms. The van der Waals surface area contributed by atoms with Crippen LogP contribution in [0.15, 0.2) is 17.3 Å². The van der Waals surface area contributed by atoms with Gasteiger partial charge in [-0.05, 0) is 31.8 Å². The first-order chi connectivity index (χ1) is 9.76. The molecule has 0 saturated carbocycles. The zero-order valence-electron chi connectivity index (χ0n) is 11.2. The molecule has 2 N–H and O–H groups in total. The normalized spacial score (nSPS) is 20.0. The predicted octanol–water partition coefficient (Wildman–Crippen LogP) is 0.723. The SMILES string of the molecule is O=S(=O)(NCCC1CCNC1)c1cnn(CC(F)(F)F)c1. The Balaban J connectivity index is 1.89. The summed E-state index contributed by atoms with van der Waals surface area (Å²) in [5.74, 6) is 0.431. The zero-order valence-corrected chi connectivity index (χ0v) is 12.0.